The monoisotopic (exact) mass is 259 g/mol. The molecule has 2 aliphatic rings. The van der Waals surface area contributed by atoms with Gasteiger partial charge in [0.05, 0.1) is 18.3 Å². The minimum absolute atomic E-state index is 0.287. The van der Waals surface area contributed by atoms with E-state index in [0.717, 1.165) is 13.0 Å². The van der Waals surface area contributed by atoms with Crippen molar-refractivity contribution in [3.05, 3.63) is 23.9 Å². The molecule has 1 saturated heterocycles. The van der Waals surface area contributed by atoms with Crippen LogP contribution in [0.2, 0.25) is 0 Å². The molecular formula is C14H17N3O2. The zero-order chi connectivity index (χ0) is 13.2. The average Bonchev–Trinajstić information content (AvgIpc) is 2.87. The number of rotatable bonds is 4. The first-order chi connectivity index (χ1) is 9.35. The van der Waals surface area contributed by atoms with Crippen LogP contribution >= 0.6 is 0 Å². The minimum atomic E-state index is 0.287. The van der Waals surface area contributed by atoms with Gasteiger partial charge in [-0.3, -0.25) is 0 Å². The largest absolute Gasteiger partial charge is 0.384 e. The zero-order valence-electron chi connectivity index (χ0n) is 10.9. The van der Waals surface area contributed by atoms with Gasteiger partial charge in [-0.25, -0.2) is 4.98 Å². The van der Waals surface area contributed by atoms with E-state index in [1.54, 1.807) is 25.4 Å². The van der Waals surface area contributed by atoms with Crippen LogP contribution in [0.4, 0.5) is 5.82 Å². The second-order valence-electron chi connectivity index (χ2n) is 5.09. The highest BCUT2D eigenvalue weighted by atomic mass is 16.5. The second-order valence-corrected chi connectivity index (χ2v) is 5.09. The number of fused-ring (bicyclic) bond motifs is 1. The van der Waals surface area contributed by atoms with Gasteiger partial charge >= 0.3 is 0 Å². The maximum atomic E-state index is 9.10. The summed E-state index contributed by atoms with van der Waals surface area (Å²) in [5, 5.41) is 12.5. The number of hydrogen-bond acceptors (Lipinski definition) is 5. The van der Waals surface area contributed by atoms with Gasteiger partial charge in [0, 0.05) is 37.8 Å². The van der Waals surface area contributed by atoms with Crippen molar-refractivity contribution in [2.24, 2.45) is 11.8 Å². The van der Waals surface area contributed by atoms with Gasteiger partial charge in [-0.2, -0.15) is 5.26 Å². The van der Waals surface area contributed by atoms with Crippen molar-refractivity contribution in [3.8, 4) is 6.07 Å². The first-order valence-corrected chi connectivity index (χ1v) is 6.57. The van der Waals surface area contributed by atoms with E-state index in [4.69, 9.17) is 14.7 Å². The van der Waals surface area contributed by atoms with Gasteiger partial charge in [0.25, 0.3) is 0 Å². The molecule has 1 aromatic rings. The highest BCUT2D eigenvalue weighted by Gasteiger charge is 2.53. The lowest BCUT2D eigenvalue weighted by Gasteiger charge is -2.47. The third-order valence-electron chi connectivity index (χ3n) is 4.12. The Morgan fingerprint density at radius 2 is 2.53 bits per heavy atom. The van der Waals surface area contributed by atoms with Crippen LogP contribution in [0.1, 0.15) is 12.0 Å². The van der Waals surface area contributed by atoms with Gasteiger partial charge in [-0.15, -0.1) is 0 Å². The number of aromatic nitrogens is 1. The molecule has 1 N–H and O–H groups in total. The molecule has 0 aromatic carbocycles. The number of ether oxygens (including phenoxy) is 2. The molecule has 1 aromatic heterocycles. The number of anilines is 1. The summed E-state index contributed by atoms with van der Waals surface area (Å²) in [7, 11) is 1.71. The van der Waals surface area contributed by atoms with E-state index in [2.05, 4.69) is 16.4 Å². The number of nitriles is 1. The van der Waals surface area contributed by atoms with Gasteiger partial charge in [-0.1, -0.05) is 0 Å². The first-order valence-electron chi connectivity index (χ1n) is 6.57. The summed E-state index contributed by atoms with van der Waals surface area (Å²) < 4.78 is 11.0. The Balaban J connectivity index is 1.76. The van der Waals surface area contributed by atoms with Crippen LogP contribution in [0, 0.1) is 23.2 Å². The van der Waals surface area contributed by atoms with Gasteiger partial charge in [0.2, 0.25) is 0 Å². The Hall–Kier alpha value is -1.64. The van der Waals surface area contributed by atoms with E-state index in [9.17, 15) is 0 Å². The lowest BCUT2D eigenvalue weighted by molar-refractivity contribution is -0.0667. The van der Waals surface area contributed by atoms with Crippen molar-refractivity contribution < 1.29 is 9.47 Å². The summed E-state index contributed by atoms with van der Waals surface area (Å²) in [5.74, 6) is 1.52. The Morgan fingerprint density at radius 3 is 3.32 bits per heavy atom. The van der Waals surface area contributed by atoms with Crippen molar-refractivity contribution in [1.29, 1.82) is 5.26 Å². The number of nitrogens with zero attached hydrogens (tertiary/aromatic N) is 2. The molecule has 2 heterocycles. The standard InChI is InChI=1S/C14H17N3O2/c1-18-8-11-12(10-4-6-19-13(10)11)17-14-9(7-15)3-2-5-16-14/h2-3,5,10-13H,4,6,8H2,1H3,(H,16,17)/t10-,11+,12-,13-/m1/s1. The van der Waals surface area contributed by atoms with Crippen molar-refractivity contribution in [2.45, 2.75) is 18.6 Å². The van der Waals surface area contributed by atoms with E-state index in [-0.39, 0.29) is 6.04 Å². The van der Waals surface area contributed by atoms with E-state index in [0.29, 0.717) is 35.9 Å². The van der Waals surface area contributed by atoms with Gasteiger partial charge in [-0.05, 0) is 18.6 Å². The Kier molecular flexibility index (Phi) is 3.36. The molecule has 2 fully saturated rings. The molecule has 1 saturated carbocycles. The Labute approximate surface area is 112 Å². The number of pyridine rings is 1. The third-order valence-corrected chi connectivity index (χ3v) is 4.12. The molecular weight excluding hydrogens is 242 g/mol. The summed E-state index contributed by atoms with van der Waals surface area (Å²) in [6, 6.07) is 6.01. The van der Waals surface area contributed by atoms with Crippen molar-refractivity contribution >= 4 is 5.82 Å². The Bertz CT molecular complexity index is 500. The molecule has 3 rings (SSSR count). The number of nitrogens with one attached hydrogen (secondary N) is 1. The molecule has 5 nitrogen and oxygen atoms in total. The molecule has 19 heavy (non-hydrogen) atoms. The molecule has 4 atom stereocenters. The molecule has 5 heteroatoms. The summed E-state index contributed by atoms with van der Waals surface area (Å²) in [4.78, 5) is 4.26. The SMILES string of the molecule is COC[C@H]1[C@H](Nc2ncccc2C#N)[C@H]2CCO[C@H]21. The van der Waals surface area contributed by atoms with Crippen molar-refractivity contribution in [3.63, 3.8) is 0 Å². The molecule has 0 radical (unpaired) electrons. The average molecular weight is 259 g/mol. The number of hydrogen-bond donors (Lipinski definition) is 1. The van der Waals surface area contributed by atoms with E-state index >= 15 is 0 Å². The summed E-state index contributed by atoms with van der Waals surface area (Å²) in [6.07, 6.45) is 3.07. The lowest BCUT2D eigenvalue weighted by atomic mass is 9.67. The highest BCUT2D eigenvalue weighted by Crippen LogP contribution is 2.45. The lowest BCUT2D eigenvalue weighted by Crippen LogP contribution is -2.58. The highest BCUT2D eigenvalue weighted by molar-refractivity contribution is 5.52. The number of methoxy groups -OCH3 is 1. The fourth-order valence-corrected chi connectivity index (χ4v) is 3.20. The van der Waals surface area contributed by atoms with Crippen molar-refractivity contribution in [1.82, 2.24) is 4.98 Å². The molecule has 1 aliphatic carbocycles. The van der Waals surface area contributed by atoms with Crippen LogP contribution < -0.4 is 5.32 Å². The van der Waals surface area contributed by atoms with Gasteiger partial charge < -0.3 is 14.8 Å². The molecule has 100 valence electrons. The van der Waals surface area contributed by atoms with Crippen molar-refractivity contribution in [2.75, 3.05) is 25.6 Å². The fraction of sp³-hybridized carbons (Fsp3) is 0.571. The molecule has 1 aliphatic heterocycles. The van der Waals surface area contributed by atoms with Crippen LogP contribution in [0.3, 0.4) is 0 Å². The third kappa shape index (κ3) is 2.07. The quantitative estimate of drug-likeness (QED) is 0.885. The minimum Gasteiger partial charge on any atom is -0.384 e. The Morgan fingerprint density at radius 1 is 1.63 bits per heavy atom. The van der Waals surface area contributed by atoms with Crippen LogP contribution in [-0.2, 0) is 9.47 Å². The van der Waals surface area contributed by atoms with Crippen LogP contribution in [0.15, 0.2) is 18.3 Å². The van der Waals surface area contributed by atoms with E-state index < -0.39 is 0 Å². The molecule has 0 amide bonds. The second kappa shape index (κ2) is 5.16. The van der Waals surface area contributed by atoms with Gasteiger partial charge in [0.15, 0.2) is 0 Å². The van der Waals surface area contributed by atoms with E-state index in [1.165, 1.54) is 0 Å². The molecule has 0 unspecified atom stereocenters. The topological polar surface area (TPSA) is 67.2 Å². The summed E-state index contributed by atoms with van der Waals surface area (Å²) in [5.41, 5.74) is 0.584. The summed E-state index contributed by atoms with van der Waals surface area (Å²) in [6.45, 7) is 1.49. The van der Waals surface area contributed by atoms with E-state index in [1.807, 2.05) is 0 Å². The van der Waals surface area contributed by atoms with Crippen LogP contribution in [0.5, 0.6) is 0 Å². The maximum absolute atomic E-state index is 9.10. The predicted octanol–water partition coefficient (Wildman–Crippen LogP) is 1.42. The van der Waals surface area contributed by atoms with Crippen LogP contribution in [0.25, 0.3) is 0 Å². The smallest absolute Gasteiger partial charge is 0.144 e. The fourth-order valence-electron chi connectivity index (χ4n) is 3.20. The first kappa shape index (κ1) is 12.4. The zero-order valence-corrected chi connectivity index (χ0v) is 10.9. The molecule has 0 bridgehead atoms. The molecule has 0 spiro atoms. The predicted molar refractivity (Wildman–Crippen MR) is 69.6 cm³/mol. The normalized spacial score (nSPS) is 32.2. The van der Waals surface area contributed by atoms with Crippen LogP contribution in [-0.4, -0.2) is 37.5 Å². The van der Waals surface area contributed by atoms with Gasteiger partial charge in [0.1, 0.15) is 11.9 Å². The maximum Gasteiger partial charge on any atom is 0.144 e. The summed E-state index contributed by atoms with van der Waals surface area (Å²) >= 11 is 0.